The number of nitrogens with one attached hydrogen (secondary N) is 3. The number of hydrogen-bond acceptors (Lipinski definition) is 9. The number of nitrogens with zero attached hydrogens (tertiary/aromatic N) is 6. The van der Waals surface area contributed by atoms with E-state index in [1.54, 1.807) is 36.8 Å². The van der Waals surface area contributed by atoms with Gasteiger partial charge in [-0.2, -0.15) is 0 Å². The monoisotopic (exact) mass is 861 g/mol. The molecule has 12 heteroatoms. The molecule has 0 atom stereocenters. The second kappa shape index (κ2) is 17.3. The molecule has 10 aromatic rings. The number of para-hydroxylation sites is 3. The van der Waals surface area contributed by atoms with E-state index in [1.807, 2.05) is 130 Å². The smallest absolute Gasteiger partial charge is 0.255 e. The van der Waals surface area contributed by atoms with Gasteiger partial charge in [-0.25, -0.2) is 0 Å². The van der Waals surface area contributed by atoms with E-state index in [-0.39, 0.29) is 16.7 Å². The predicted octanol–water partition coefficient (Wildman–Crippen LogP) is 11.2. The Hall–Kier alpha value is -9.03. The lowest BCUT2D eigenvalue weighted by atomic mass is 10.0. The third-order valence-corrected chi connectivity index (χ3v) is 11.2. The van der Waals surface area contributed by atoms with Crippen LogP contribution in [-0.4, -0.2) is 47.6 Å². The van der Waals surface area contributed by atoms with E-state index in [0.29, 0.717) is 34.1 Å². The summed E-state index contributed by atoms with van der Waals surface area (Å²) in [5.41, 5.74) is 11.3. The minimum absolute atomic E-state index is 0.0741. The van der Waals surface area contributed by atoms with Crippen molar-refractivity contribution < 1.29 is 14.4 Å². The molecule has 0 aliphatic rings. The number of rotatable bonds is 9. The third kappa shape index (κ3) is 8.41. The lowest BCUT2D eigenvalue weighted by Crippen LogP contribution is -2.19. The predicted molar refractivity (Wildman–Crippen MR) is 259 cm³/mol. The molecule has 4 aromatic carbocycles. The first kappa shape index (κ1) is 41.0. The SMILES string of the molecule is Cc1ccc2cccc(-c3ccc(NC(=O)c4cc(C(=O)Nc5ccc(-c6cccc7ccc(C)nc67)nc5)cc(C(=O)Nc5ccc(-c6cccc7ccc(C)nc67)nc5)c4)cn3)c2n1. The molecular formula is C54H39N9O3. The number of hydrogen-bond donors (Lipinski definition) is 3. The molecule has 3 N–H and O–H groups in total. The van der Waals surface area contributed by atoms with Crippen LogP contribution in [0, 0.1) is 20.8 Å². The second-order valence-electron chi connectivity index (χ2n) is 15.9. The van der Waals surface area contributed by atoms with Gasteiger partial charge in [0.25, 0.3) is 17.7 Å². The van der Waals surface area contributed by atoms with Gasteiger partial charge >= 0.3 is 0 Å². The zero-order valence-corrected chi connectivity index (χ0v) is 36.0. The third-order valence-electron chi connectivity index (χ3n) is 11.2. The number of pyridine rings is 6. The number of aryl methyl sites for hydroxylation is 3. The molecule has 3 amide bonds. The van der Waals surface area contributed by atoms with E-state index in [0.717, 1.165) is 66.5 Å². The largest absolute Gasteiger partial charge is 0.321 e. The summed E-state index contributed by atoms with van der Waals surface area (Å²) < 4.78 is 0. The molecule has 0 radical (unpaired) electrons. The van der Waals surface area contributed by atoms with Crippen LogP contribution in [0.15, 0.2) is 164 Å². The standard InChI is InChI=1S/C54H39N9O3/c1-31-13-16-34-7-4-10-43(49(34)58-31)46-22-19-40(28-55-46)61-52(64)37-25-38(53(65)62-41-20-23-47(56-29-41)44-11-5-8-35-17-14-32(2)59-50(35)44)27-39(26-37)54(66)63-42-21-24-48(57-30-42)45-12-6-9-36-18-15-33(3)60-51(36)45/h4-30H,1-3H3,(H,61,64)(H,62,65)(H,63,66). The van der Waals surface area contributed by atoms with Crippen LogP contribution in [0.3, 0.4) is 0 Å². The van der Waals surface area contributed by atoms with E-state index in [9.17, 15) is 14.4 Å². The summed E-state index contributed by atoms with van der Waals surface area (Å²) in [4.78, 5) is 70.1. The first-order valence-corrected chi connectivity index (χ1v) is 21.2. The highest BCUT2D eigenvalue weighted by Crippen LogP contribution is 2.30. The Kier molecular flexibility index (Phi) is 10.7. The number of amides is 3. The van der Waals surface area contributed by atoms with Gasteiger partial charge in [-0.1, -0.05) is 72.8 Å². The normalized spacial score (nSPS) is 11.1. The van der Waals surface area contributed by atoms with Gasteiger partial charge in [-0.15, -0.1) is 0 Å². The number of benzene rings is 4. The minimum atomic E-state index is -0.550. The first-order chi connectivity index (χ1) is 32.1. The molecule has 0 spiro atoms. The highest BCUT2D eigenvalue weighted by molar-refractivity contribution is 6.13. The van der Waals surface area contributed by atoms with Gasteiger partial charge in [0.2, 0.25) is 0 Å². The fourth-order valence-electron chi connectivity index (χ4n) is 7.87. The molecule has 0 fully saturated rings. The minimum Gasteiger partial charge on any atom is -0.321 e. The first-order valence-electron chi connectivity index (χ1n) is 21.2. The van der Waals surface area contributed by atoms with Crippen LogP contribution in [0.5, 0.6) is 0 Å². The highest BCUT2D eigenvalue weighted by atomic mass is 16.2. The van der Waals surface area contributed by atoms with Crippen molar-refractivity contribution in [1.82, 2.24) is 29.9 Å². The number of anilines is 3. The van der Waals surface area contributed by atoms with Crippen LogP contribution in [-0.2, 0) is 0 Å². The molecule has 12 nitrogen and oxygen atoms in total. The van der Waals surface area contributed by atoms with E-state index in [2.05, 4.69) is 30.9 Å². The summed E-state index contributed by atoms with van der Waals surface area (Å²) in [7, 11) is 0. The zero-order valence-electron chi connectivity index (χ0n) is 36.0. The molecular weight excluding hydrogens is 823 g/mol. The van der Waals surface area contributed by atoms with Gasteiger partial charge in [0.15, 0.2) is 0 Å². The average Bonchev–Trinajstić information content (AvgIpc) is 3.34. The van der Waals surface area contributed by atoms with E-state index >= 15 is 0 Å². The van der Waals surface area contributed by atoms with Crippen LogP contribution in [0.1, 0.15) is 48.2 Å². The van der Waals surface area contributed by atoms with Gasteiger partial charge < -0.3 is 16.0 Å². The summed E-state index contributed by atoms with van der Waals surface area (Å²) in [5, 5.41) is 11.6. The fourth-order valence-corrected chi connectivity index (χ4v) is 7.87. The Morgan fingerprint density at radius 2 is 0.667 bits per heavy atom. The molecule has 318 valence electrons. The van der Waals surface area contributed by atoms with E-state index in [4.69, 9.17) is 15.0 Å². The van der Waals surface area contributed by atoms with Gasteiger partial charge in [0, 0.05) is 66.6 Å². The fraction of sp³-hybridized carbons (Fsp3) is 0.0556. The Balaban J connectivity index is 0.923. The maximum atomic E-state index is 14.0. The zero-order chi connectivity index (χ0) is 45.3. The van der Waals surface area contributed by atoms with Crippen molar-refractivity contribution in [2.45, 2.75) is 20.8 Å². The Labute approximate surface area is 378 Å². The van der Waals surface area contributed by atoms with Crippen molar-refractivity contribution >= 4 is 67.5 Å². The number of carbonyl (C=O) groups excluding carboxylic acids is 3. The van der Waals surface area contributed by atoms with Crippen molar-refractivity contribution in [3.8, 4) is 33.8 Å². The summed E-state index contributed by atoms with van der Waals surface area (Å²) in [6, 6.07) is 44.7. The lowest BCUT2D eigenvalue weighted by molar-refractivity contribution is 0.102. The van der Waals surface area contributed by atoms with E-state index < -0.39 is 17.7 Å². The summed E-state index contributed by atoms with van der Waals surface area (Å²) >= 11 is 0. The maximum absolute atomic E-state index is 14.0. The summed E-state index contributed by atoms with van der Waals surface area (Å²) in [6.07, 6.45) is 4.68. The van der Waals surface area contributed by atoms with Crippen LogP contribution < -0.4 is 16.0 Å². The average molecular weight is 862 g/mol. The second-order valence-corrected chi connectivity index (χ2v) is 15.9. The van der Waals surface area contributed by atoms with E-state index in [1.165, 1.54) is 18.2 Å². The number of carbonyl (C=O) groups is 3. The molecule has 0 aliphatic heterocycles. The quantitative estimate of drug-likeness (QED) is 0.128. The van der Waals surface area contributed by atoms with Crippen molar-refractivity contribution in [1.29, 1.82) is 0 Å². The van der Waals surface area contributed by atoms with Crippen LogP contribution >= 0.6 is 0 Å². The highest BCUT2D eigenvalue weighted by Gasteiger charge is 2.19. The summed E-state index contributed by atoms with van der Waals surface area (Å²) in [6.45, 7) is 5.82. The van der Waals surface area contributed by atoms with Crippen LogP contribution in [0.25, 0.3) is 66.5 Å². The Morgan fingerprint density at radius 1 is 0.364 bits per heavy atom. The van der Waals surface area contributed by atoms with Crippen molar-refractivity contribution in [2.75, 3.05) is 16.0 Å². The molecule has 0 saturated carbocycles. The molecule has 6 aromatic heterocycles. The molecule has 0 bridgehead atoms. The van der Waals surface area contributed by atoms with Gasteiger partial charge in [-0.3, -0.25) is 44.3 Å². The number of aromatic nitrogens is 6. The molecule has 0 unspecified atom stereocenters. The Morgan fingerprint density at radius 3 is 0.939 bits per heavy atom. The molecule has 10 rings (SSSR count). The van der Waals surface area contributed by atoms with Crippen molar-refractivity contribution in [2.24, 2.45) is 0 Å². The van der Waals surface area contributed by atoms with Crippen LogP contribution in [0.4, 0.5) is 17.1 Å². The van der Waals surface area contributed by atoms with Crippen molar-refractivity contribution in [3.05, 3.63) is 198 Å². The number of fused-ring (bicyclic) bond motifs is 3. The summed E-state index contributed by atoms with van der Waals surface area (Å²) in [5.74, 6) is -1.65. The molecule has 0 aliphatic carbocycles. The molecule has 6 heterocycles. The van der Waals surface area contributed by atoms with Gasteiger partial charge in [0.1, 0.15) is 0 Å². The topological polar surface area (TPSA) is 165 Å². The molecule has 0 saturated heterocycles. The van der Waals surface area contributed by atoms with Crippen LogP contribution in [0.2, 0.25) is 0 Å². The lowest BCUT2D eigenvalue weighted by Gasteiger charge is -2.13. The maximum Gasteiger partial charge on any atom is 0.255 e. The van der Waals surface area contributed by atoms with Crippen molar-refractivity contribution in [3.63, 3.8) is 0 Å². The van der Waals surface area contributed by atoms with Gasteiger partial charge in [-0.05, 0) is 93.6 Å². The Bertz CT molecular complexity index is 3150. The van der Waals surface area contributed by atoms with Gasteiger partial charge in [0.05, 0.1) is 69.3 Å². The molecule has 66 heavy (non-hydrogen) atoms.